The van der Waals surface area contributed by atoms with Gasteiger partial charge in [0.1, 0.15) is 0 Å². The highest BCUT2D eigenvalue weighted by atomic mass is 32.2. The minimum Gasteiger partial charge on any atom is -0.351 e. The summed E-state index contributed by atoms with van der Waals surface area (Å²) in [5, 5.41) is 2.92. The van der Waals surface area contributed by atoms with Gasteiger partial charge in [0.05, 0.1) is 4.90 Å². The first kappa shape index (κ1) is 23.9. The summed E-state index contributed by atoms with van der Waals surface area (Å²) in [6.07, 6.45) is 0. The Morgan fingerprint density at radius 2 is 1.67 bits per heavy atom. The number of nitrogens with one attached hydrogen (secondary N) is 2. The first-order chi connectivity index (χ1) is 14.0. The van der Waals surface area contributed by atoms with Crippen LogP contribution < -0.4 is 10.0 Å². The summed E-state index contributed by atoms with van der Waals surface area (Å²) in [5.41, 5.74) is 2.30. The zero-order chi connectivity index (χ0) is 22.5. The van der Waals surface area contributed by atoms with Gasteiger partial charge in [-0.25, -0.2) is 8.42 Å². The van der Waals surface area contributed by atoms with Crippen LogP contribution in [-0.4, -0.2) is 44.4 Å². The molecule has 0 fully saturated rings. The van der Waals surface area contributed by atoms with E-state index in [0.717, 1.165) is 12.1 Å². The fourth-order valence-electron chi connectivity index (χ4n) is 3.44. The van der Waals surface area contributed by atoms with Crippen molar-refractivity contribution in [2.24, 2.45) is 0 Å². The largest absolute Gasteiger partial charge is 0.351 e. The second-order valence-electron chi connectivity index (χ2n) is 8.14. The van der Waals surface area contributed by atoms with Crippen molar-refractivity contribution in [2.45, 2.75) is 58.5 Å². The molecule has 0 aliphatic rings. The number of benzene rings is 2. The van der Waals surface area contributed by atoms with Gasteiger partial charge >= 0.3 is 0 Å². The molecule has 0 aromatic heterocycles. The van der Waals surface area contributed by atoms with Gasteiger partial charge in [-0.1, -0.05) is 18.2 Å². The number of nitrogens with zero attached hydrogens (tertiary/aromatic N) is 1. The number of carbonyl (C=O) groups is 1. The first-order valence-corrected chi connectivity index (χ1v) is 11.7. The SMILES string of the molecule is Cc1ccc(C)c(S(=O)(=O)Nc2cccc(C(=O)NCCN(C(C)C)C(C)C)c2)c1. The molecule has 0 spiro atoms. The highest BCUT2D eigenvalue weighted by Crippen LogP contribution is 2.21. The Morgan fingerprint density at radius 1 is 1.00 bits per heavy atom. The van der Waals surface area contributed by atoms with Gasteiger partial charge < -0.3 is 5.32 Å². The maximum absolute atomic E-state index is 12.8. The minimum atomic E-state index is -3.74. The highest BCUT2D eigenvalue weighted by Gasteiger charge is 2.18. The van der Waals surface area contributed by atoms with Gasteiger partial charge in [-0.15, -0.1) is 0 Å². The molecule has 0 aliphatic carbocycles. The average molecular weight is 432 g/mol. The molecule has 6 nitrogen and oxygen atoms in total. The topological polar surface area (TPSA) is 78.5 Å². The molecule has 2 rings (SSSR count). The zero-order valence-corrected chi connectivity index (χ0v) is 19.5. The molecule has 0 aliphatic heterocycles. The molecule has 2 aromatic rings. The van der Waals surface area contributed by atoms with Crippen LogP contribution >= 0.6 is 0 Å². The second-order valence-corrected chi connectivity index (χ2v) is 9.79. The predicted octanol–water partition coefficient (Wildman–Crippen LogP) is 3.95. The highest BCUT2D eigenvalue weighted by molar-refractivity contribution is 7.92. The molecular weight excluding hydrogens is 398 g/mol. The summed E-state index contributed by atoms with van der Waals surface area (Å²) < 4.78 is 28.2. The van der Waals surface area contributed by atoms with Crippen LogP contribution in [0.4, 0.5) is 5.69 Å². The molecule has 0 atom stereocenters. The van der Waals surface area contributed by atoms with Gasteiger partial charge in [-0.3, -0.25) is 14.4 Å². The normalized spacial score (nSPS) is 11.9. The molecule has 0 unspecified atom stereocenters. The van der Waals surface area contributed by atoms with Crippen LogP contribution in [-0.2, 0) is 10.0 Å². The molecule has 0 bridgehead atoms. The van der Waals surface area contributed by atoms with Crippen molar-refractivity contribution in [2.75, 3.05) is 17.8 Å². The van der Waals surface area contributed by atoms with Crippen molar-refractivity contribution in [1.29, 1.82) is 0 Å². The molecule has 0 radical (unpaired) electrons. The summed E-state index contributed by atoms with van der Waals surface area (Å²) in [5.74, 6) is -0.227. The number of aryl methyl sites for hydroxylation is 2. The average Bonchev–Trinajstić information content (AvgIpc) is 2.66. The lowest BCUT2D eigenvalue weighted by Crippen LogP contribution is -2.42. The fraction of sp³-hybridized carbons (Fsp3) is 0.435. The Hall–Kier alpha value is -2.38. The molecular formula is C23H33N3O3S. The van der Waals surface area contributed by atoms with Gasteiger partial charge in [0, 0.05) is 36.4 Å². The van der Waals surface area contributed by atoms with E-state index in [9.17, 15) is 13.2 Å². The molecule has 2 aromatic carbocycles. The number of sulfonamides is 1. The summed E-state index contributed by atoms with van der Waals surface area (Å²) in [6.45, 7) is 13.4. The van der Waals surface area contributed by atoms with Crippen molar-refractivity contribution >= 4 is 21.6 Å². The van der Waals surface area contributed by atoms with E-state index in [-0.39, 0.29) is 10.8 Å². The molecule has 0 saturated heterocycles. The van der Waals surface area contributed by atoms with Crippen LogP contribution in [0, 0.1) is 13.8 Å². The van der Waals surface area contributed by atoms with Crippen LogP contribution in [0.1, 0.15) is 49.2 Å². The van der Waals surface area contributed by atoms with E-state index in [1.165, 1.54) is 0 Å². The van der Waals surface area contributed by atoms with Crippen LogP contribution in [0.15, 0.2) is 47.4 Å². The predicted molar refractivity (Wildman–Crippen MR) is 122 cm³/mol. The molecule has 0 heterocycles. The van der Waals surface area contributed by atoms with E-state index in [4.69, 9.17) is 0 Å². The van der Waals surface area contributed by atoms with Gasteiger partial charge in [0.15, 0.2) is 0 Å². The van der Waals surface area contributed by atoms with Crippen molar-refractivity contribution in [3.63, 3.8) is 0 Å². The molecule has 30 heavy (non-hydrogen) atoms. The molecule has 1 amide bonds. The van der Waals surface area contributed by atoms with E-state index in [1.807, 2.05) is 13.0 Å². The maximum atomic E-state index is 12.8. The summed E-state index contributed by atoms with van der Waals surface area (Å²) in [4.78, 5) is 15.1. The van der Waals surface area contributed by atoms with E-state index >= 15 is 0 Å². The van der Waals surface area contributed by atoms with Gasteiger partial charge in [-0.2, -0.15) is 0 Å². The molecule has 164 valence electrons. The third kappa shape index (κ3) is 6.31. The van der Waals surface area contributed by atoms with E-state index in [0.29, 0.717) is 35.4 Å². The quantitative estimate of drug-likeness (QED) is 0.630. The van der Waals surface area contributed by atoms with Crippen LogP contribution in [0.5, 0.6) is 0 Å². The number of rotatable bonds is 9. The lowest BCUT2D eigenvalue weighted by molar-refractivity contribution is 0.0939. The van der Waals surface area contributed by atoms with Crippen molar-refractivity contribution < 1.29 is 13.2 Å². The molecule has 7 heteroatoms. The Morgan fingerprint density at radius 3 is 2.30 bits per heavy atom. The minimum absolute atomic E-state index is 0.227. The number of amides is 1. The smallest absolute Gasteiger partial charge is 0.262 e. The summed E-state index contributed by atoms with van der Waals surface area (Å²) in [6, 6.07) is 12.6. The van der Waals surface area contributed by atoms with Crippen molar-refractivity contribution in [3.05, 3.63) is 59.2 Å². The maximum Gasteiger partial charge on any atom is 0.262 e. The lowest BCUT2D eigenvalue weighted by atomic mass is 10.2. The summed E-state index contributed by atoms with van der Waals surface area (Å²) in [7, 11) is -3.74. The Kier molecular flexibility index (Phi) is 8.03. The Balaban J connectivity index is 2.08. The van der Waals surface area contributed by atoms with Gasteiger partial charge in [0.2, 0.25) is 0 Å². The summed E-state index contributed by atoms with van der Waals surface area (Å²) >= 11 is 0. The molecule has 0 saturated carbocycles. The number of carbonyl (C=O) groups excluding carboxylic acids is 1. The van der Waals surface area contributed by atoms with E-state index in [2.05, 4.69) is 42.6 Å². The zero-order valence-electron chi connectivity index (χ0n) is 18.7. The van der Waals surface area contributed by atoms with Gasteiger partial charge in [-0.05, 0) is 76.9 Å². The fourth-order valence-corrected chi connectivity index (χ4v) is 4.82. The Labute approximate surface area is 180 Å². The van der Waals surface area contributed by atoms with Crippen LogP contribution in [0.3, 0.4) is 0 Å². The third-order valence-corrected chi connectivity index (χ3v) is 6.52. The first-order valence-electron chi connectivity index (χ1n) is 10.3. The van der Waals surface area contributed by atoms with E-state index < -0.39 is 10.0 Å². The van der Waals surface area contributed by atoms with Crippen molar-refractivity contribution in [1.82, 2.24) is 10.2 Å². The number of anilines is 1. The monoisotopic (exact) mass is 431 g/mol. The van der Waals surface area contributed by atoms with Crippen molar-refractivity contribution in [3.8, 4) is 0 Å². The Bertz CT molecular complexity index is 977. The standard InChI is InChI=1S/C23H33N3O3S/c1-16(2)26(17(3)4)13-12-24-23(27)20-8-7-9-21(15-20)25-30(28,29)22-14-18(5)10-11-19(22)6/h7-11,14-17,25H,12-13H2,1-6H3,(H,24,27). The van der Waals surface area contributed by atoms with E-state index in [1.54, 1.807) is 43.3 Å². The second kappa shape index (κ2) is 10.1. The molecule has 2 N–H and O–H groups in total. The number of hydrogen-bond acceptors (Lipinski definition) is 4. The van der Waals surface area contributed by atoms with Gasteiger partial charge in [0.25, 0.3) is 15.9 Å². The van der Waals surface area contributed by atoms with Crippen LogP contribution in [0.2, 0.25) is 0 Å². The third-order valence-electron chi connectivity index (χ3n) is 4.99. The van der Waals surface area contributed by atoms with Crippen LogP contribution in [0.25, 0.3) is 0 Å². The lowest BCUT2D eigenvalue weighted by Gasteiger charge is -2.30. The number of hydrogen-bond donors (Lipinski definition) is 2.